The molecule has 0 amide bonds. The molecule has 1 heterocycles. The normalized spacial score (nSPS) is 27.8. The lowest BCUT2D eigenvalue weighted by atomic mass is 9.72. The van der Waals surface area contributed by atoms with E-state index in [4.69, 9.17) is 5.10 Å². The van der Waals surface area contributed by atoms with Gasteiger partial charge in [0.25, 0.3) is 0 Å². The van der Waals surface area contributed by atoms with Gasteiger partial charge in [0.2, 0.25) is 0 Å². The lowest BCUT2D eigenvalue weighted by Gasteiger charge is -2.37. The highest BCUT2D eigenvalue weighted by atomic mass is 15.3. The standard InChI is InChI=1S/C18H33N3/c1-6-16-12-17(21(8-3)20-16)18(19-7-2)15-10-9-13(4)14(5)11-15/h12-15,18-19H,6-11H2,1-5H3. The first-order chi connectivity index (χ1) is 10.1. The molecule has 0 aromatic carbocycles. The molecule has 1 fully saturated rings. The molecule has 1 aromatic heterocycles. The maximum atomic E-state index is 4.76. The van der Waals surface area contributed by atoms with Crippen LogP contribution in [0.4, 0.5) is 0 Å². The number of rotatable bonds is 6. The van der Waals surface area contributed by atoms with E-state index in [0.717, 1.165) is 37.3 Å². The molecule has 0 saturated heterocycles. The van der Waals surface area contributed by atoms with Gasteiger partial charge in [-0.1, -0.05) is 34.1 Å². The summed E-state index contributed by atoms with van der Waals surface area (Å²) in [6, 6.07) is 2.80. The zero-order chi connectivity index (χ0) is 15.4. The van der Waals surface area contributed by atoms with Crippen LogP contribution in [0.25, 0.3) is 0 Å². The van der Waals surface area contributed by atoms with Crippen molar-refractivity contribution < 1.29 is 0 Å². The van der Waals surface area contributed by atoms with Gasteiger partial charge in [0.05, 0.1) is 17.4 Å². The van der Waals surface area contributed by atoms with Crippen molar-refractivity contribution in [3.63, 3.8) is 0 Å². The lowest BCUT2D eigenvalue weighted by Crippen LogP contribution is -2.34. The highest BCUT2D eigenvalue weighted by molar-refractivity contribution is 5.16. The zero-order valence-corrected chi connectivity index (χ0v) is 14.5. The first-order valence-electron chi connectivity index (χ1n) is 8.90. The molecule has 0 bridgehead atoms. The number of nitrogens with zero attached hydrogens (tertiary/aromatic N) is 2. The number of nitrogens with one attached hydrogen (secondary N) is 1. The van der Waals surface area contributed by atoms with Crippen molar-refractivity contribution in [3.8, 4) is 0 Å². The lowest BCUT2D eigenvalue weighted by molar-refractivity contribution is 0.168. The van der Waals surface area contributed by atoms with Gasteiger partial charge in [-0.05, 0) is 56.6 Å². The summed E-state index contributed by atoms with van der Waals surface area (Å²) in [5.41, 5.74) is 2.63. The Morgan fingerprint density at radius 1 is 1.24 bits per heavy atom. The molecule has 2 rings (SSSR count). The third-order valence-corrected chi connectivity index (χ3v) is 5.38. The van der Waals surface area contributed by atoms with Crippen LogP contribution in [0.5, 0.6) is 0 Å². The van der Waals surface area contributed by atoms with E-state index in [1.54, 1.807) is 0 Å². The van der Waals surface area contributed by atoms with Gasteiger partial charge >= 0.3 is 0 Å². The molecule has 1 N–H and O–H groups in total. The molecule has 1 aliphatic carbocycles. The van der Waals surface area contributed by atoms with E-state index in [1.807, 2.05) is 0 Å². The molecule has 120 valence electrons. The van der Waals surface area contributed by atoms with Crippen LogP contribution in [0, 0.1) is 17.8 Å². The fourth-order valence-electron chi connectivity index (χ4n) is 3.79. The van der Waals surface area contributed by atoms with E-state index in [9.17, 15) is 0 Å². The van der Waals surface area contributed by atoms with Crippen LogP contribution < -0.4 is 5.32 Å². The van der Waals surface area contributed by atoms with Crippen LogP contribution in [0.2, 0.25) is 0 Å². The molecule has 21 heavy (non-hydrogen) atoms. The molecular formula is C18H33N3. The summed E-state index contributed by atoms with van der Waals surface area (Å²) < 4.78 is 2.22. The Labute approximate surface area is 130 Å². The number of hydrogen-bond acceptors (Lipinski definition) is 2. The molecular weight excluding hydrogens is 258 g/mol. The van der Waals surface area contributed by atoms with Gasteiger partial charge in [0.15, 0.2) is 0 Å². The SMILES string of the molecule is CCNC(c1cc(CC)nn1CC)C1CCC(C)C(C)C1. The second-order valence-corrected chi connectivity index (χ2v) is 6.79. The Hall–Kier alpha value is -0.830. The zero-order valence-electron chi connectivity index (χ0n) is 14.5. The Bertz CT molecular complexity index is 438. The van der Waals surface area contributed by atoms with E-state index < -0.39 is 0 Å². The van der Waals surface area contributed by atoms with Crippen molar-refractivity contribution in [1.82, 2.24) is 15.1 Å². The number of hydrogen-bond donors (Lipinski definition) is 1. The first-order valence-corrected chi connectivity index (χ1v) is 8.90. The third-order valence-electron chi connectivity index (χ3n) is 5.38. The quantitative estimate of drug-likeness (QED) is 0.851. The molecule has 1 aliphatic rings. The monoisotopic (exact) mass is 291 g/mol. The summed E-state index contributed by atoms with van der Waals surface area (Å²) in [4.78, 5) is 0. The van der Waals surface area contributed by atoms with Crippen molar-refractivity contribution in [1.29, 1.82) is 0 Å². The highest BCUT2D eigenvalue weighted by Crippen LogP contribution is 2.40. The summed E-state index contributed by atoms with van der Waals surface area (Å²) in [6.07, 6.45) is 5.08. The summed E-state index contributed by atoms with van der Waals surface area (Å²) in [5, 5.41) is 8.51. The summed E-state index contributed by atoms with van der Waals surface area (Å²) in [5.74, 6) is 2.47. The molecule has 1 saturated carbocycles. The van der Waals surface area contributed by atoms with Crippen LogP contribution in [0.15, 0.2) is 6.07 Å². The van der Waals surface area contributed by atoms with Crippen LogP contribution >= 0.6 is 0 Å². The smallest absolute Gasteiger partial charge is 0.0625 e. The number of aryl methyl sites for hydroxylation is 2. The summed E-state index contributed by atoms with van der Waals surface area (Å²) in [7, 11) is 0. The molecule has 0 spiro atoms. The van der Waals surface area contributed by atoms with Gasteiger partial charge in [0.1, 0.15) is 0 Å². The van der Waals surface area contributed by atoms with E-state index in [1.165, 1.54) is 30.7 Å². The second-order valence-electron chi connectivity index (χ2n) is 6.79. The van der Waals surface area contributed by atoms with Crippen molar-refractivity contribution in [2.24, 2.45) is 17.8 Å². The fraction of sp³-hybridized carbons (Fsp3) is 0.833. The number of aromatic nitrogens is 2. The minimum atomic E-state index is 0.470. The molecule has 3 nitrogen and oxygen atoms in total. The molecule has 0 aliphatic heterocycles. The van der Waals surface area contributed by atoms with Crippen LogP contribution in [-0.2, 0) is 13.0 Å². The highest BCUT2D eigenvalue weighted by Gasteiger charge is 2.32. The average molecular weight is 291 g/mol. The largest absolute Gasteiger partial charge is 0.309 e. The first kappa shape index (κ1) is 16.5. The average Bonchev–Trinajstić information content (AvgIpc) is 2.91. The summed E-state index contributed by atoms with van der Waals surface area (Å²) >= 11 is 0. The second kappa shape index (κ2) is 7.44. The molecule has 4 atom stereocenters. The molecule has 4 unspecified atom stereocenters. The van der Waals surface area contributed by atoms with E-state index in [0.29, 0.717) is 6.04 Å². The minimum absolute atomic E-state index is 0.470. The van der Waals surface area contributed by atoms with Gasteiger partial charge in [-0.15, -0.1) is 0 Å². The molecule has 1 aromatic rings. The van der Waals surface area contributed by atoms with E-state index in [2.05, 4.69) is 50.7 Å². The van der Waals surface area contributed by atoms with Crippen LogP contribution in [0.1, 0.15) is 71.3 Å². The Morgan fingerprint density at radius 2 is 2.00 bits per heavy atom. The van der Waals surface area contributed by atoms with Gasteiger partial charge in [-0.2, -0.15) is 5.10 Å². The molecule has 3 heteroatoms. The van der Waals surface area contributed by atoms with Gasteiger partial charge in [0, 0.05) is 6.54 Å². The third kappa shape index (κ3) is 3.68. The van der Waals surface area contributed by atoms with Crippen LogP contribution in [-0.4, -0.2) is 16.3 Å². The van der Waals surface area contributed by atoms with Crippen molar-refractivity contribution in [2.75, 3.05) is 6.54 Å². The van der Waals surface area contributed by atoms with Crippen LogP contribution in [0.3, 0.4) is 0 Å². The topological polar surface area (TPSA) is 29.9 Å². The van der Waals surface area contributed by atoms with E-state index in [-0.39, 0.29) is 0 Å². The maximum absolute atomic E-state index is 4.76. The Morgan fingerprint density at radius 3 is 2.57 bits per heavy atom. The molecule has 0 radical (unpaired) electrons. The van der Waals surface area contributed by atoms with Crippen molar-refractivity contribution >= 4 is 0 Å². The van der Waals surface area contributed by atoms with Gasteiger partial charge < -0.3 is 5.32 Å². The van der Waals surface area contributed by atoms with Crippen molar-refractivity contribution in [3.05, 3.63) is 17.5 Å². The van der Waals surface area contributed by atoms with Gasteiger partial charge in [-0.3, -0.25) is 4.68 Å². The van der Waals surface area contributed by atoms with E-state index >= 15 is 0 Å². The fourth-order valence-corrected chi connectivity index (χ4v) is 3.79. The van der Waals surface area contributed by atoms with Gasteiger partial charge in [-0.25, -0.2) is 0 Å². The maximum Gasteiger partial charge on any atom is 0.0625 e. The predicted octanol–water partition coefficient (Wildman–Crippen LogP) is 4.19. The Kier molecular flexibility index (Phi) is 5.86. The minimum Gasteiger partial charge on any atom is -0.309 e. The summed E-state index contributed by atoms with van der Waals surface area (Å²) in [6.45, 7) is 13.4. The Balaban J connectivity index is 2.24. The van der Waals surface area contributed by atoms with Crippen molar-refractivity contribution in [2.45, 2.75) is 72.9 Å². The predicted molar refractivity (Wildman–Crippen MR) is 89.4 cm³/mol.